The second-order valence-corrected chi connectivity index (χ2v) is 5.36. The lowest BCUT2D eigenvalue weighted by Gasteiger charge is -2.16. The molecule has 0 saturated carbocycles. The molecule has 6 nitrogen and oxygen atoms in total. The van der Waals surface area contributed by atoms with Crippen molar-refractivity contribution >= 4 is 16.9 Å². The van der Waals surface area contributed by atoms with Gasteiger partial charge in [0.1, 0.15) is 17.4 Å². The standard InChI is InChI=1S/C15H12O6/c1-15-13(21-15)12(20-14(15)17)8-5-7-3-4-11(16)19-9(7)6-10(8)18-2/h3-6,12-13H,1-2H3/t12-,13+,15-/m1/s1. The number of epoxide rings is 1. The van der Waals surface area contributed by atoms with E-state index in [1.165, 1.54) is 13.2 Å². The first kappa shape index (κ1) is 12.4. The molecule has 0 spiro atoms. The van der Waals surface area contributed by atoms with Crippen LogP contribution in [0.25, 0.3) is 11.0 Å². The smallest absolute Gasteiger partial charge is 0.341 e. The summed E-state index contributed by atoms with van der Waals surface area (Å²) in [4.78, 5) is 23.1. The number of hydrogen-bond donors (Lipinski definition) is 0. The van der Waals surface area contributed by atoms with E-state index in [0.29, 0.717) is 16.9 Å². The Morgan fingerprint density at radius 2 is 2.05 bits per heavy atom. The average Bonchev–Trinajstić information content (AvgIpc) is 3.09. The lowest BCUT2D eigenvalue weighted by atomic mass is 9.99. The Hall–Kier alpha value is -2.34. The van der Waals surface area contributed by atoms with Gasteiger partial charge in [-0.2, -0.15) is 0 Å². The molecule has 108 valence electrons. The highest BCUT2D eigenvalue weighted by molar-refractivity contribution is 5.87. The minimum Gasteiger partial charge on any atom is -0.496 e. The van der Waals surface area contributed by atoms with Crippen molar-refractivity contribution in [2.45, 2.75) is 24.7 Å². The van der Waals surface area contributed by atoms with E-state index in [0.717, 1.165) is 5.39 Å². The second kappa shape index (κ2) is 3.85. The van der Waals surface area contributed by atoms with Gasteiger partial charge in [-0.05, 0) is 19.1 Å². The van der Waals surface area contributed by atoms with Gasteiger partial charge >= 0.3 is 11.6 Å². The molecular formula is C15H12O6. The molecule has 3 heterocycles. The van der Waals surface area contributed by atoms with Gasteiger partial charge in [0.15, 0.2) is 11.7 Å². The predicted molar refractivity (Wildman–Crippen MR) is 71.1 cm³/mol. The summed E-state index contributed by atoms with van der Waals surface area (Å²) >= 11 is 0. The molecule has 6 heteroatoms. The van der Waals surface area contributed by atoms with Gasteiger partial charge in [-0.25, -0.2) is 9.59 Å². The number of fused-ring (bicyclic) bond motifs is 2. The third-order valence-electron chi connectivity index (χ3n) is 4.05. The maximum Gasteiger partial charge on any atom is 0.341 e. The number of esters is 1. The lowest BCUT2D eigenvalue weighted by Crippen LogP contribution is -2.17. The van der Waals surface area contributed by atoms with E-state index in [2.05, 4.69) is 0 Å². The minimum atomic E-state index is -0.839. The Kier molecular flexibility index (Phi) is 2.28. The molecule has 2 aromatic rings. The van der Waals surface area contributed by atoms with Gasteiger partial charge in [-0.15, -0.1) is 0 Å². The molecule has 0 unspecified atom stereocenters. The van der Waals surface area contributed by atoms with Gasteiger partial charge in [-0.1, -0.05) is 0 Å². The van der Waals surface area contributed by atoms with Crippen LogP contribution in [0.2, 0.25) is 0 Å². The summed E-state index contributed by atoms with van der Waals surface area (Å²) in [5, 5.41) is 0.732. The SMILES string of the molecule is COc1cc2oc(=O)ccc2cc1[C@H]1OC(=O)[C@]2(C)O[C@@H]12. The van der Waals surface area contributed by atoms with E-state index in [1.54, 1.807) is 25.1 Å². The molecule has 2 aliphatic heterocycles. The Bertz CT molecular complexity index is 823. The van der Waals surface area contributed by atoms with Crippen LogP contribution in [0.5, 0.6) is 5.75 Å². The lowest BCUT2D eigenvalue weighted by molar-refractivity contribution is -0.153. The van der Waals surface area contributed by atoms with E-state index in [4.69, 9.17) is 18.6 Å². The molecule has 1 aromatic heterocycles. The van der Waals surface area contributed by atoms with E-state index in [1.807, 2.05) is 0 Å². The molecular weight excluding hydrogens is 276 g/mol. The van der Waals surface area contributed by atoms with Gasteiger partial charge in [0, 0.05) is 23.1 Å². The first-order valence-electron chi connectivity index (χ1n) is 6.53. The first-order chi connectivity index (χ1) is 10.0. The molecule has 0 radical (unpaired) electrons. The number of carbonyl (C=O) groups is 1. The van der Waals surface area contributed by atoms with E-state index in [-0.39, 0.29) is 12.1 Å². The van der Waals surface area contributed by atoms with Crippen molar-refractivity contribution in [2.75, 3.05) is 7.11 Å². The third-order valence-corrected chi connectivity index (χ3v) is 4.05. The fourth-order valence-electron chi connectivity index (χ4n) is 2.78. The van der Waals surface area contributed by atoms with Crippen molar-refractivity contribution in [2.24, 2.45) is 0 Å². The van der Waals surface area contributed by atoms with Crippen molar-refractivity contribution in [3.63, 3.8) is 0 Å². The number of carbonyl (C=O) groups excluding carboxylic acids is 1. The zero-order valence-corrected chi connectivity index (χ0v) is 11.4. The van der Waals surface area contributed by atoms with Gasteiger partial charge in [0.2, 0.25) is 0 Å². The predicted octanol–water partition coefficient (Wildman–Crippen LogP) is 1.56. The second-order valence-electron chi connectivity index (χ2n) is 5.36. The molecule has 0 aliphatic carbocycles. The zero-order chi connectivity index (χ0) is 14.8. The van der Waals surface area contributed by atoms with E-state index < -0.39 is 17.3 Å². The van der Waals surface area contributed by atoms with Crippen LogP contribution >= 0.6 is 0 Å². The summed E-state index contributed by atoms with van der Waals surface area (Å²) in [5.41, 5.74) is -0.138. The molecule has 2 aliphatic rings. The summed E-state index contributed by atoms with van der Waals surface area (Å²) in [7, 11) is 1.51. The maximum absolute atomic E-state index is 11.8. The molecule has 2 saturated heterocycles. The molecule has 2 fully saturated rings. The van der Waals surface area contributed by atoms with Crippen LogP contribution in [0.1, 0.15) is 18.6 Å². The number of benzene rings is 1. The molecule has 21 heavy (non-hydrogen) atoms. The highest BCUT2D eigenvalue weighted by Gasteiger charge is 2.70. The molecule has 1 aromatic carbocycles. The first-order valence-corrected chi connectivity index (χ1v) is 6.53. The summed E-state index contributed by atoms with van der Waals surface area (Å²) in [6.07, 6.45) is -0.805. The Morgan fingerprint density at radius 3 is 2.67 bits per heavy atom. The molecule has 0 N–H and O–H groups in total. The van der Waals surface area contributed by atoms with Gasteiger partial charge in [0.05, 0.1) is 7.11 Å². The van der Waals surface area contributed by atoms with Crippen molar-refractivity contribution in [1.29, 1.82) is 0 Å². The van der Waals surface area contributed by atoms with Gasteiger partial charge in [0.25, 0.3) is 0 Å². The van der Waals surface area contributed by atoms with Crippen LogP contribution in [0.15, 0.2) is 33.5 Å². The maximum atomic E-state index is 11.8. The quantitative estimate of drug-likeness (QED) is 0.474. The Balaban J connectivity index is 1.87. The van der Waals surface area contributed by atoms with Crippen LogP contribution < -0.4 is 10.4 Å². The average molecular weight is 288 g/mol. The van der Waals surface area contributed by atoms with Crippen molar-refractivity contribution in [3.8, 4) is 5.75 Å². The summed E-state index contributed by atoms with van der Waals surface area (Å²) in [6.45, 7) is 1.71. The van der Waals surface area contributed by atoms with Crippen molar-refractivity contribution in [1.82, 2.24) is 0 Å². The fourth-order valence-corrected chi connectivity index (χ4v) is 2.78. The monoisotopic (exact) mass is 288 g/mol. The number of cyclic esters (lactones) is 1. The Labute approximate surface area is 119 Å². The summed E-state index contributed by atoms with van der Waals surface area (Å²) < 4.78 is 21.3. The van der Waals surface area contributed by atoms with Crippen LogP contribution in [0, 0.1) is 0 Å². The molecule has 0 bridgehead atoms. The Morgan fingerprint density at radius 1 is 1.24 bits per heavy atom. The van der Waals surface area contributed by atoms with E-state index in [9.17, 15) is 9.59 Å². The van der Waals surface area contributed by atoms with Crippen LogP contribution in [-0.4, -0.2) is 24.8 Å². The molecule has 4 rings (SSSR count). The third kappa shape index (κ3) is 1.62. The summed E-state index contributed by atoms with van der Waals surface area (Å²) in [6, 6.07) is 6.42. The normalized spacial score (nSPS) is 30.1. The van der Waals surface area contributed by atoms with Crippen LogP contribution in [0.4, 0.5) is 0 Å². The molecule has 0 amide bonds. The van der Waals surface area contributed by atoms with Crippen molar-refractivity contribution < 1.29 is 23.4 Å². The van der Waals surface area contributed by atoms with Crippen LogP contribution in [0.3, 0.4) is 0 Å². The topological polar surface area (TPSA) is 78.3 Å². The van der Waals surface area contributed by atoms with Gasteiger partial charge < -0.3 is 18.6 Å². The van der Waals surface area contributed by atoms with Gasteiger partial charge in [-0.3, -0.25) is 0 Å². The van der Waals surface area contributed by atoms with E-state index >= 15 is 0 Å². The van der Waals surface area contributed by atoms with Crippen LogP contribution in [-0.2, 0) is 14.3 Å². The summed E-state index contributed by atoms with van der Waals surface area (Å²) in [5.74, 6) is 0.133. The highest BCUT2D eigenvalue weighted by Crippen LogP contribution is 2.54. The number of rotatable bonds is 2. The number of methoxy groups -OCH3 is 1. The zero-order valence-electron chi connectivity index (χ0n) is 11.4. The number of ether oxygens (including phenoxy) is 3. The fraction of sp³-hybridized carbons (Fsp3) is 0.333. The van der Waals surface area contributed by atoms with Crippen molar-refractivity contribution in [3.05, 3.63) is 40.2 Å². The minimum absolute atomic E-state index is 0.299. The number of hydrogen-bond acceptors (Lipinski definition) is 6. The largest absolute Gasteiger partial charge is 0.496 e. The molecule has 3 atom stereocenters. The highest BCUT2D eigenvalue weighted by atomic mass is 16.7.